The first-order valence-corrected chi connectivity index (χ1v) is 6.67. The van der Waals surface area contributed by atoms with Crippen LogP contribution in [0.25, 0.3) is 0 Å². The predicted molar refractivity (Wildman–Crippen MR) is 72.6 cm³/mol. The summed E-state index contributed by atoms with van der Waals surface area (Å²) >= 11 is 0. The van der Waals surface area contributed by atoms with Gasteiger partial charge in [-0.15, -0.1) is 0 Å². The van der Waals surface area contributed by atoms with Gasteiger partial charge in [0.2, 0.25) is 5.88 Å². The Hall–Kier alpha value is -2.30. The van der Waals surface area contributed by atoms with Crippen LogP contribution < -0.4 is 4.74 Å². The fraction of sp³-hybridized carbons (Fsp3) is 0.333. The fourth-order valence-corrected chi connectivity index (χ4v) is 2.27. The van der Waals surface area contributed by atoms with Gasteiger partial charge < -0.3 is 9.47 Å². The van der Waals surface area contributed by atoms with Gasteiger partial charge in [-0.3, -0.25) is 0 Å². The van der Waals surface area contributed by atoms with E-state index in [1.54, 1.807) is 11.6 Å². The highest BCUT2D eigenvalue weighted by atomic mass is 16.5. The number of hydrogen-bond acceptors (Lipinski definition) is 4. The first kappa shape index (κ1) is 12.7. The van der Waals surface area contributed by atoms with E-state index in [2.05, 4.69) is 5.10 Å². The third-order valence-electron chi connectivity index (χ3n) is 3.25. The van der Waals surface area contributed by atoms with E-state index < -0.39 is 0 Å². The van der Waals surface area contributed by atoms with Crippen LogP contribution in [0.5, 0.6) is 5.88 Å². The minimum absolute atomic E-state index is 0.254. The van der Waals surface area contributed by atoms with Gasteiger partial charge in [0.05, 0.1) is 12.3 Å². The number of aryl methyl sites for hydroxylation is 2. The highest BCUT2D eigenvalue weighted by molar-refractivity contribution is 5.93. The standard InChI is InChI=1S/C15H16N2O3/c1-11-13(14-17(16-11)8-5-9-19-14)15(18)20-10-12-6-3-2-4-7-12/h2-4,6-7H,5,8-10H2,1H3. The van der Waals surface area contributed by atoms with Crippen LogP contribution in [0.2, 0.25) is 0 Å². The molecular weight excluding hydrogens is 256 g/mol. The molecule has 0 radical (unpaired) electrons. The topological polar surface area (TPSA) is 53.4 Å². The Morgan fingerprint density at radius 1 is 1.40 bits per heavy atom. The van der Waals surface area contributed by atoms with Gasteiger partial charge >= 0.3 is 5.97 Å². The zero-order chi connectivity index (χ0) is 13.9. The summed E-state index contributed by atoms with van der Waals surface area (Å²) in [6.45, 7) is 3.45. The van der Waals surface area contributed by atoms with Gasteiger partial charge in [-0.25, -0.2) is 9.48 Å². The number of nitrogens with zero attached hydrogens (tertiary/aromatic N) is 2. The third kappa shape index (κ3) is 2.39. The molecule has 1 aliphatic heterocycles. The summed E-state index contributed by atoms with van der Waals surface area (Å²) < 4.78 is 12.6. The number of hydrogen-bond donors (Lipinski definition) is 0. The van der Waals surface area contributed by atoms with E-state index in [1.165, 1.54) is 0 Å². The maximum absolute atomic E-state index is 12.2. The van der Waals surface area contributed by atoms with Crippen LogP contribution in [0.4, 0.5) is 0 Å². The molecule has 0 fully saturated rings. The molecule has 3 rings (SSSR count). The van der Waals surface area contributed by atoms with Crippen LogP contribution in [0.15, 0.2) is 30.3 Å². The van der Waals surface area contributed by atoms with Crippen LogP contribution in [-0.4, -0.2) is 22.4 Å². The molecule has 20 heavy (non-hydrogen) atoms. The van der Waals surface area contributed by atoms with Gasteiger partial charge in [-0.2, -0.15) is 5.10 Å². The second kappa shape index (κ2) is 5.36. The summed E-state index contributed by atoms with van der Waals surface area (Å²) in [5.74, 6) is 0.154. The molecule has 1 aromatic carbocycles. The molecule has 0 amide bonds. The minimum Gasteiger partial charge on any atom is -0.477 e. The van der Waals surface area contributed by atoms with Crippen molar-refractivity contribution in [3.63, 3.8) is 0 Å². The highest BCUT2D eigenvalue weighted by Gasteiger charge is 2.26. The Balaban J connectivity index is 1.76. The van der Waals surface area contributed by atoms with E-state index in [1.807, 2.05) is 30.3 Å². The van der Waals surface area contributed by atoms with Crippen molar-refractivity contribution in [3.05, 3.63) is 47.2 Å². The first-order chi connectivity index (χ1) is 9.75. The van der Waals surface area contributed by atoms with E-state index >= 15 is 0 Å². The van der Waals surface area contributed by atoms with Crippen LogP contribution in [0.3, 0.4) is 0 Å². The number of esters is 1. The van der Waals surface area contributed by atoms with Crippen LogP contribution in [0, 0.1) is 6.92 Å². The molecule has 104 valence electrons. The lowest BCUT2D eigenvalue weighted by molar-refractivity contribution is 0.0465. The summed E-state index contributed by atoms with van der Waals surface area (Å²) in [5.41, 5.74) is 2.06. The number of carbonyl (C=O) groups excluding carboxylic acids is 1. The molecule has 2 heterocycles. The van der Waals surface area contributed by atoms with Crippen molar-refractivity contribution in [2.24, 2.45) is 0 Å². The normalized spacial score (nSPS) is 13.4. The fourth-order valence-electron chi connectivity index (χ4n) is 2.27. The molecule has 0 atom stereocenters. The van der Waals surface area contributed by atoms with Gasteiger partial charge in [0.15, 0.2) is 0 Å². The van der Waals surface area contributed by atoms with Crippen molar-refractivity contribution >= 4 is 5.97 Å². The largest absolute Gasteiger partial charge is 0.477 e. The number of benzene rings is 1. The van der Waals surface area contributed by atoms with Crippen molar-refractivity contribution in [1.82, 2.24) is 9.78 Å². The Labute approximate surface area is 117 Å². The van der Waals surface area contributed by atoms with E-state index in [9.17, 15) is 4.79 Å². The van der Waals surface area contributed by atoms with Crippen LogP contribution in [-0.2, 0) is 17.9 Å². The molecule has 0 aliphatic carbocycles. The average Bonchev–Trinajstić information content (AvgIpc) is 2.82. The maximum atomic E-state index is 12.2. The molecule has 5 heteroatoms. The van der Waals surface area contributed by atoms with Crippen molar-refractivity contribution in [1.29, 1.82) is 0 Å². The zero-order valence-corrected chi connectivity index (χ0v) is 11.3. The highest BCUT2D eigenvalue weighted by Crippen LogP contribution is 2.26. The van der Waals surface area contributed by atoms with Gasteiger partial charge in [-0.05, 0) is 12.5 Å². The summed E-state index contributed by atoms with van der Waals surface area (Å²) in [7, 11) is 0. The predicted octanol–water partition coefficient (Wildman–Crippen LogP) is 2.33. The number of rotatable bonds is 3. The number of carbonyl (C=O) groups is 1. The molecule has 0 saturated carbocycles. The van der Waals surface area contributed by atoms with E-state index in [-0.39, 0.29) is 12.6 Å². The third-order valence-corrected chi connectivity index (χ3v) is 3.25. The van der Waals surface area contributed by atoms with E-state index in [0.29, 0.717) is 23.7 Å². The summed E-state index contributed by atoms with van der Waals surface area (Å²) in [6.07, 6.45) is 0.909. The van der Waals surface area contributed by atoms with Gasteiger partial charge in [-0.1, -0.05) is 30.3 Å². The molecule has 1 aliphatic rings. The minimum atomic E-state index is -0.380. The Bertz CT molecular complexity index is 620. The average molecular weight is 272 g/mol. The number of fused-ring (bicyclic) bond motifs is 1. The van der Waals surface area contributed by atoms with Crippen molar-refractivity contribution in [3.8, 4) is 5.88 Å². The molecule has 0 spiro atoms. The van der Waals surface area contributed by atoms with E-state index in [0.717, 1.165) is 18.5 Å². The summed E-state index contributed by atoms with van der Waals surface area (Å²) in [4.78, 5) is 12.2. The van der Waals surface area contributed by atoms with Crippen molar-refractivity contribution in [2.45, 2.75) is 26.5 Å². The summed E-state index contributed by atoms with van der Waals surface area (Å²) in [6, 6.07) is 9.60. The zero-order valence-electron chi connectivity index (χ0n) is 11.3. The Morgan fingerprint density at radius 3 is 3.00 bits per heavy atom. The molecule has 0 unspecified atom stereocenters. The lowest BCUT2D eigenvalue weighted by atomic mass is 10.2. The Morgan fingerprint density at radius 2 is 2.20 bits per heavy atom. The van der Waals surface area contributed by atoms with Gasteiger partial charge in [0, 0.05) is 13.0 Å². The SMILES string of the molecule is Cc1nn2c(c1C(=O)OCc1ccccc1)OCCC2. The Kier molecular flexibility index (Phi) is 3.41. The quantitative estimate of drug-likeness (QED) is 0.805. The molecule has 0 saturated heterocycles. The lowest BCUT2D eigenvalue weighted by Gasteiger charge is -2.15. The van der Waals surface area contributed by atoms with Gasteiger partial charge in [0.25, 0.3) is 0 Å². The van der Waals surface area contributed by atoms with Crippen molar-refractivity contribution in [2.75, 3.05) is 6.61 Å². The van der Waals surface area contributed by atoms with E-state index in [4.69, 9.17) is 9.47 Å². The number of ether oxygens (including phenoxy) is 2. The summed E-state index contributed by atoms with van der Waals surface area (Å²) in [5, 5.41) is 4.32. The van der Waals surface area contributed by atoms with Gasteiger partial charge in [0.1, 0.15) is 12.2 Å². The molecule has 5 nitrogen and oxygen atoms in total. The van der Waals surface area contributed by atoms with Crippen molar-refractivity contribution < 1.29 is 14.3 Å². The molecule has 2 aromatic rings. The molecular formula is C15H16N2O3. The molecule has 1 aromatic heterocycles. The van der Waals surface area contributed by atoms with Crippen LogP contribution >= 0.6 is 0 Å². The lowest BCUT2D eigenvalue weighted by Crippen LogP contribution is -2.16. The van der Waals surface area contributed by atoms with Crippen LogP contribution in [0.1, 0.15) is 28.0 Å². The smallest absolute Gasteiger partial charge is 0.345 e. The molecule has 0 bridgehead atoms. The number of aromatic nitrogens is 2. The monoisotopic (exact) mass is 272 g/mol. The second-order valence-electron chi connectivity index (χ2n) is 4.75. The molecule has 0 N–H and O–H groups in total. The first-order valence-electron chi connectivity index (χ1n) is 6.67. The second-order valence-corrected chi connectivity index (χ2v) is 4.75. The maximum Gasteiger partial charge on any atom is 0.345 e.